The molecule has 0 aromatic heterocycles. The maximum absolute atomic E-state index is 12.0. The van der Waals surface area contributed by atoms with Gasteiger partial charge >= 0.3 is 0 Å². The van der Waals surface area contributed by atoms with Gasteiger partial charge in [0, 0.05) is 29.1 Å². The Kier molecular flexibility index (Phi) is 11.6. The summed E-state index contributed by atoms with van der Waals surface area (Å²) in [4.78, 5) is 16.9. The van der Waals surface area contributed by atoms with Crippen molar-refractivity contribution < 1.29 is 9.53 Å². The number of halogens is 3. The molecule has 1 unspecified atom stereocenters. The summed E-state index contributed by atoms with van der Waals surface area (Å²) >= 11 is 22.4. The fourth-order valence-corrected chi connectivity index (χ4v) is 4.85. The molecule has 38 heavy (non-hydrogen) atoms. The zero-order valence-corrected chi connectivity index (χ0v) is 24.6. The molecule has 3 aromatic carbocycles. The molecule has 3 aromatic rings. The maximum Gasteiger partial charge on any atom is 0.216 e. The first-order valence-corrected chi connectivity index (χ1v) is 13.9. The van der Waals surface area contributed by atoms with E-state index in [4.69, 9.17) is 44.5 Å². The second-order valence-electron chi connectivity index (χ2n) is 8.95. The molecule has 0 aliphatic carbocycles. The topological polar surface area (TPSA) is 38.7 Å². The van der Waals surface area contributed by atoms with Gasteiger partial charge in [0.05, 0.1) is 22.3 Å². The smallest absolute Gasteiger partial charge is 0.216 e. The Morgan fingerprint density at radius 1 is 1.11 bits per heavy atom. The van der Waals surface area contributed by atoms with Crippen LogP contribution in [-0.4, -0.2) is 17.4 Å². The lowest BCUT2D eigenvalue weighted by Crippen LogP contribution is -2.09. The lowest BCUT2D eigenvalue weighted by atomic mass is 9.90. The number of hydrogen-bond acceptors (Lipinski definition) is 3. The molecule has 0 radical (unpaired) electrons. The minimum atomic E-state index is -0.305. The van der Waals surface area contributed by atoms with E-state index in [-0.39, 0.29) is 11.0 Å². The van der Waals surface area contributed by atoms with E-state index in [1.54, 1.807) is 18.2 Å². The quantitative estimate of drug-likeness (QED) is 0.130. The molecule has 0 N–H and O–H groups in total. The van der Waals surface area contributed by atoms with Gasteiger partial charge < -0.3 is 4.74 Å². The fourth-order valence-electron chi connectivity index (χ4n) is 4.19. The van der Waals surface area contributed by atoms with E-state index >= 15 is 0 Å². The predicted molar refractivity (Wildman–Crippen MR) is 165 cm³/mol. The molecule has 0 bridgehead atoms. The molecule has 0 aliphatic rings. The highest BCUT2D eigenvalue weighted by Crippen LogP contribution is 2.34. The van der Waals surface area contributed by atoms with Crippen LogP contribution >= 0.6 is 47.4 Å². The van der Waals surface area contributed by atoms with Crippen LogP contribution in [0.25, 0.3) is 0 Å². The van der Waals surface area contributed by atoms with Crippen molar-refractivity contribution in [2.45, 2.75) is 45.4 Å². The summed E-state index contributed by atoms with van der Waals surface area (Å²) in [7, 11) is 0. The van der Waals surface area contributed by atoms with Crippen molar-refractivity contribution in [1.29, 1.82) is 0 Å². The van der Waals surface area contributed by atoms with Crippen molar-refractivity contribution in [2.24, 2.45) is 4.99 Å². The van der Waals surface area contributed by atoms with Crippen LogP contribution < -0.4 is 4.74 Å². The van der Waals surface area contributed by atoms with Crippen LogP contribution in [0.3, 0.4) is 0 Å². The first-order chi connectivity index (χ1) is 18.2. The SMILES string of the molecule is C=C=CCc1cc(Cl)ccc1N=C(C)CC(CC)c1ccc(C(=O)S)cc1OCCc1ccc(Cl)c(Cl)c1. The van der Waals surface area contributed by atoms with E-state index in [0.717, 1.165) is 40.9 Å². The van der Waals surface area contributed by atoms with Crippen molar-refractivity contribution in [2.75, 3.05) is 6.61 Å². The zero-order valence-electron chi connectivity index (χ0n) is 21.4. The minimum absolute atomic E-state index is 0.145. The second kappa shape index (κ2) is 14.6. The summed E-state index contributed by atoms with van der Waals surface area (Å²) in [5, 5.41) is 1.39. The van der Waals surface area contributed by atoms with Crippen LogP contribution in [-0.2, 0) is 12.8 Å². The number of ether oxygens (including phenoxy) is 1. The van der Waals surface area contributed by atoms with Gasteiger partial charge in [-0.25, -0.2) is 0 Å². The number of aliphatic imine (C=N–C) groups is 1. The Hall–Kier alpha value is -2.46. The van der Waals surface area contributed by atoms with Gasteiger partial charge in [-0.3, -0.25) is 9.79 Å². The van der Waals surface area contributed by atoms with Gasteiger partial charge in [-0.1, -0.05) is 60.4 Å². The Morgan fingerprint density at radius 3 is 2.58 bits per heavy atom. The normalized spacial score (nSPS) is 12.1. The van der Waals surface area contributed by atoms with E-state index in [2.05, 4.69) is 31.9 Å². The van der Waals surface area contributed by atoms with Crippen molar-refractivity contribution in [3.63, 3.8) is 0 Å². The molecule has 0 saturated carbocycles. The van der Waals surface area contributed by atoms with Gasteiger partial charge in [0.1, 0.15) is 5.75 Å². The number of carbonyl (C=O) groups excluding carboxylic acids is 1. The molecule has 1 atom stereocenters. The summed E-state index contributed by atoms with van der Waals surface area (Å²) in [5.41, 5.74) is 8.22. The first-order valence-electron chi connectivity index (χ1n) is 12.3. The average Bonchev–Trinajstić information content (AvgIpc) is 2.89. The molecular weight excluding hydrogens is 557 g/mol. The van der Waals surface area contributed by atoms with Crippen molar-refractivity contribution in [3.05, 3.63) is 110 Å². The summed E-state index contributed by atoms with van der Waals surface area (Å²) in [5.74, 6) is 0.819. The summed E-state index contributed by atoms with van der Waals surface area (Å²) in [6.45, 7) is 8.23. The Bertz CT molecular complexity index is 1380. The molecule has 0 saturated heterocycles. The van der Waals surface area contributed by atoms with Gasteiger partial charge in [0.25, 0.3) is 0 Å². The monoisotopic (exact) mass is 585 g/mol. The Balaban J connectivity index is 1.84. The molecule has 198 valence electrons. The van der Waals surface area contributed by atoms with E-state index < -0.39 is 0 Å². The van der Waals surface area contributed by atoms with E-state index in [1.807, 2.05) is 49.4 Å². The molecule has 7 heteroatoms. The Morgan fingerprint density at radius 2 is 1.89 bits per heavy atom. The van der Waals surface area contributed by atoms with E-state index in [1.165, 1.54) is 0 Å². The van der Waals surface area contributed by atoms with Crippen molar-refractivity contribution >= 4 is 63.9 Å². The number of thiol groups is 1. The van der Waals surface area contributed by atoms with Gasteiger partial charge in [0.15, 0.2) is 0 Å². The van der Waals surface area contributed by atoms with Gasteiger partial charge in [-0.05, 0) is 90.9 Å². The highest BCUT2D eigenvalue weighted by atomic mass is 35.5. The highest BCUT2D eigenvalue weighted by molar-refractivity contribution is 7.97. The fraction of sp³-hybridized carbons (Fsp3) is 0.258. The molecular formula is C31H30Cl3NO2S. The number of hydrogen-bond donors (Lipinski definition) is 1. The van der Waals surface area contributed by atoms with Gasteiger partial charge in [-0.15, -0.1) is 18.4 Å². The molecule has 0 fully saturated rings. The predicted octanol–water partition coefficient (Wildman–Crippen LogP) is 9.90. The number of rotatable bonds is 12. The largest absolute Gasteiger partial charge is 0.493 e. The van der Waals surface area contributed by atoms with E-state index in [0.29, 0.717) is 45.8 Å². The first kappa shape index (κ1) is 30.1. The minimum Gasteiger partial charge on any atom is -0.493 e. The third kappa shape index (κ3) is 8.53. The van der Waals surface area contributed by atoms with Crippen LogP contribution in [0.2, 0.25) is 15.1 Å². The summed E-state index contributed by atoms with van der Waals surface area (Å²) < 4.78 is 6.23. The number of benzene rings is 3. The lowest BCUT2D eigenvalue weighted by Gasteiger charge is -2.20. The van der Waals surface area contributed by atoms with Crippen LogP contribution in [0.4, 0.5) is 5.69 Å². The number of carbonyl (C=O) groups is 1. The van der Waals surface area contributed by atoms with E-state index in [9.17, 15) is 4.79 Å². The van der Waals surface area contributed by atoms with Crippen LogP contribution in [0.15, 0.2) is 78.0 Å². The molecule has 3 nitrogen and oxygen atoms in total. The van der Waals surface area contributed by atoms with Crippen LogP contribution in [0.5, 0.6) is 5.75 Å². The van der Waals surface area contributed by atoms with Gasteiger partial charge in [-0.2, -0.15) is 0 Å². The van der Waals surface area contributed by atoms with Crippen molar-refractivity contribution in [3.8, 4) is 5.75 Å². The Labute approximate surface area is 245 Å². The third-order valence-corrected chi connectivity index (χ3v) is 7.42. The lowest BCUT2D eigenvalue weighted by molar-refractivity contribution is 0.109. The average molecular weight is 587 g/mol. The molecule has 0 heterocycles. The number of nitrogens with zero attached hydrogens (tertiary/aromatic N) is 1. The van der Waals surface area contributed by atoms with Crippen LogP contribution in [0, 0.1) is 0 Å². The molecule has 0 aliphatic heterocycles. The molecule has 0 amide bonds. The standard InChI is InChI=1S/C31H30Cl3NO2S/c1-4-6-7-23-18-25(32)10-13-29(23)35-20(3)16-22(5-2)26-11-9-24(31(36)38)19-30(26)37-15-14-21-8-12-27(33)28(34)17-21/h6,8-13,17-19,22H,1,5,7,14-16H2,2-3H3,(H,36,38). The summed E-state index contributed by atoms with van der Waals surface area (Å²) in [6.07, 6.45) is 4.76. The molecule has 3 rings (SSSR count). The zero-order chi connectivity index (χ0) is 27.7. The van der Waals surface area contributed by atoms with Crippen molar-refractivity contribution in [1.82, 2.24) is 0 Å². The third-order valence-electron chi connectivity index (χ3n) is 6.19. The van der Waals surface area contributed by atoms with Gasteiger partial charge in [0.2, 0.25) is 5.12 Å². The highest BCUT2D eigenvalue weighted by Gasteiger charge is 2.18. The molecule has 0 spiro atoms. The number of allylic oxidation sites excluding steroid dienone is 1. The second-order valence-corrected chi connectivity index (χ2v) is 10.6. The summed E-state index contributed by atoms with van der Waals surface area (Å²) in [6, 6.07) is 16.8. The maximum atomic E-state index is 12.0. The van der Waals surface area contributed by atoms with Crippen LogP contribution in [0.1, 0.15) is 59.7 Å².